The zero-order valence-corrected chi connectivity index (χ0v) is 9.15. The van der Waals surface area contributed by atoms with Crippen LogP contribution >= 0.6 is 11.8 Å². The van der Waals surface area contributed by atoms with Gasteiger partial charge in [0.2, 0.25) is 0 Å². The topological polar surface area (TPSA) is 21.3 Å². The molecule has 3 heteroatoms. The van der Waals surface area contributed by atoms with Gasteiger partial charge < -0.3 is 0 Å². The molecule has 0 aliphatic carbocycles. The van der Waals surface area contributed by atoms with Crippen LogP contribution in [-0.4, -0.2) is 12.9 Å². The molecule has 0 spiro atoms. The van der Waals surface area contributed by atoms with Crippen LogP contribution in [0.15, 0.2) is 29.2 Å². The first kappa shape index (κ1) is 9.62. The first-order chi connectivity index (χ1) is 6.83. The van der Waals surface area contributed by atoms with Crippen molar-refractivity contribution in [2.45, 2.75) is 11.8 Å². The summed E-state index contributed by atoms with van der Waals surface area (Å²) in [5.41, 5.74) is 6.57. The van der Waals surface area contributed by atoms with E-state index in [-0.39, 0.29) is 0 Å². The van der Waals surface area contributed by atoms with Gasteiger partial charge in [-0.3, -0.25) is 10.3 Å². The summed E-state index contributed by atoms with van der Waals surface area (Å²) in [6.07, 6.45) is 4.16. The molecule has 0 atom stereocenters. The van der Waals surface area contributed by atoms with Gasteiger partial charge in [-0.1, -0.05) is 12.1 Å². The number of thioether (sulfide) groups is 1. The fourth-order valence-electron chi connectivity index (χ4n) is 1.60. The molecule has 74 valence electrons. The van der Waals surface area contributed by atoms with Gasteiger partial charge in [-0.25, -0.2) is 0 Å². The Morgan fingerprint density at radius 2 is 2.29 bits per heavy atom. The van der Waals surface area contributed by atoms with E-state index < -0.39 is 0 Å². The summed E-state index contributed by atoms with van der Waals surface area (Å²) in [6.45, 7) is 2.77. The van der Waals surface area contributed by atoms with Gasteiger partial charge in [-0.05, 0) is 30.9 Å². The van der Waals surface area contributed by atoms with Crippen molar-refractivity contribution in [2.75, 3.05) is 12.9 Å². The molecular weight excluding hydrogens is 194 g/mol. The van der Waals surface area contributed by atoms with Gasteiger partial charge in [0.05, 0.1) is 12.3 Å². The quantitative estimate of drug-likeness (QED) is 0.753. The van der Waals surface area contributed by atoms with Gasteiger partial charge in [0.25, 0.3) is 0 Å². The van der Waals surface area contributed by atoms with E-state index in [1.807, 2.05) is 0 Å². The second kappa shape index (κ2) is 4.07. The van der Waals surface area contributed by atoms with Crippen LogP contribution in [0.1, 0.15) is 11.1 Å². The molecule has 1 aromatic carbocycles. The Morgan fingerprint density at radius 3 is 2.93 bits per heavy atom. The predicted molar refractivity (Wildman–Crippen MR) is 60.0 cm³/mol. The van der Waals surface area contributed by atoms with Crippen molar-refractivity contribution in [1.29, 1.82) is 0 Å². The molecule has 1 aliphatic rings. The Morgan fingerprint density at radius 1 is 1.43 bits per heavy atom. The predicted octanol–water partition coefficient (Wildman–Crippen LogP) is 2.59. The largest absolute Gasteiger partial charge is 0.272 e. The highest BCUT2D eigenvalue weighted by molar-refractivity contribution is 7.98. The summed E-state index contributed by atoms with van der Waals surface area (Å²) in [5.74, 6) is 0. The third kappa shape index (κ3) is 1.65. The van der Waals surface area contributed by atoms with Crippen LogP contribution < -0.4 is 5.48 Å². The highest BCUT2D eigenvalue weighted by atomic mass is 32.2. The second-order valence-corrected chi connectivity index (χ2v) is 4.03. The monoisotopic (exact) mass is 207 g/mol. The van der Waals surface area contributed by atoms with Crippen LogP contribution in [0.4, 0.5) is 0 Å². The summed E-state index contributed by atoms with van der Waals surface area (Å²) in [5, 5.41) is 0. The molecule has 0 bridgehead atoms. The summed E-state index contributed by atoms with van der Waals surface area (Å²) in [6, 6.07) is 6.34. The smallest absolute Gasteiger partial charge is 0.0951 e. The van der Waals surface area contributed by atoms with Crippen LogP contribution in [0.2, 0.25) is 0 Å². The fraction of sp³-hybridized carbons (Fsp3) is 0.273. The summed E-state index contributed by atoms with van der Waals surface area (Å²) in [7, 11) is 0. The third-order valence-corrected chi connectivity index (χ3v) is 3.06. The maximum Gasteiger partial charge on any atom is 0.0951 e. The van der Waals surface area contributed by atoms with E-state index in [4.69, 9.17) is 4.84 Å². The van der Waals surface area contributed by atoms with Crippen molar-refractivity contribution in [2.24, 2.45) is 0 Å². The molecule has 1 aliphatic heterocycles. The van der Waals surface area contributed by atoms with Crippen LogP contribution in [0, 0.1) is 6.92 Å². The summed E-state index contributed by atoms with van der Waals surface area (Å²) in [4.78, 5) is 6.40. The molecule has 0 amide bonds. The molecule has 0 unspecified atom stereocenters. The van der Waals surface area contributed by atoms with E-state index in [1.165, 1.54) is 16.0 Å². The van der Waals surface area contributed by atoms with Crippen molar-refractivity contribution in [3.05, 3.63) is 35.4 Å². The van der Waals surface area contributed by atoms with E-state index in [1.54, 1.807) is 11.8 Å². The lowest BCUT2D eigenvalue weighted by atomic mass is 10.1. The Labute approximate surface area is 88.3 Å². The van der Waals surface area contributed by atoms with Crippen molar-refractivity contribution < 1.29 is 4.84 Å². The highest BCUT2D eigenvalue weighted by Gasteiger charge is 2.13. The van der Waals surface area contributed by atoms with Crippen LogP contribution in [0.25, 0.3) is 5.70 Å². The van der Waals surface area contributed by atoms with Crippen LogP contribution in [0.3, 0.4) is 0 Å². The molecule has 2 nitrogen and oxygen atoms in total. The maximum absolute atomic E-state index is 5.11. The van der Waals surface area contributed by atoms with Crippen molar-refractivity contribution in [3.63, 3.8) is 0 Å². The zero-order valence-electron chi connectivity index (χ0n) is 8.33. The molecule has 0 fully saturated rings. The first-order valence-electron chi connectivity index (χ1n) is 4.55. The number of hydroxylamine groups is 1. The van der Waals surface area contributed by atoms with Crippen molar-refractivity contribution in [3.8, 4) is 0 Å². The maximum atomic E-state index is 5.11. The fourth-order valence-corrected chi connectivity index (χ4v) is 2.28. The lowest BCUT2D eigenvalue weighted by Crippen LogP contribution is -2.06. The first-order valence-corrected chi connectivity index (χ1v) is 5.77. The van der Waals surface area contributed by atoms with Gasteiger partial charge in [0.15, 0.2) is 0 Å². The van der Waals surface area contributed by atoms with E-state index >= 15 is 0 Å². The molecule has 0 radical (unpaired) electrons. The molecule has 0 aromatic heterocycles. The summed E-state index contributed by atoms with van der Waals surface area (Å²) < 4.78 is 0. The van der Waals surface area contributed by atoms with Crippen molar-refractivity contribution in [1.82, 2.24) is 5.48 Å². The molecule has 14 heavy (non-hydrogen) atoms. The number of aryl methyl sites for hydroxylation is 1. The van der Waals surface area contributed by atoms with E-state index in [0.29, 0.717) is 6.61 Å². The minimum atomic E-state index is 0.650. The SMILES string of the molecule is CSc1cccc(C)c1C1=CCON1. The number of rotatable bonds is 2. The molecular formula is C11H13NOS. The number of nitrogens with one attached hydrogen (secondary N) is 1. The second-order valence-electron chi connectivity index (χ2n) is 3.18. The molecule has 0 saturated heterocycles. The van der Waals surface area contributed by atoms with Gasteiger partial charge in [0.1, 0.15) is 0 Å². The van der Waals surface area contributed by atoms with Gasteiger partial charge in [-0.2, -0.15) is 0 Å². The van der Waals surface area contributed by atoms with E-state index in [2.05, 4.69) is 42.9 Å². The van der Waals surface area contributed by atoms with Gasteiger partial charge in [0, 0.05) is 10.5 Å². The van der Waals surface area contributed by atoms with Crippen LogP contribution in [0.5, 0.6) is 0 Å². The Balaban J connectivity index is 2.48. The molecule has 1 heterocycles. The minimum Gasteiger partial charge on any atom is -0.272 e. The summed E-state index contributed by atoms with van der Waals surface area (Å²) >= 11 is 1.76. The third-order valence-electron chi connectivity index (χ3n) is 2.28. The average Bonchev–Trinajstić information content (AvgIpc) is 2.70. The number of benzene rings is 1. The Kier molecular flexibility index (Phi) is 2.79. The molecule has 2 rings (SSSR count). The van der Waals surface area contributed by atoms with E-state index in [9.17, 15) is 0 Å². The number of hydrogen-bond donors (Lipinski definition) is 1. The lowest BCUT2D eigenvalue weighted by Gasteiger charge is -2.11. The normalized spacial score (nSPS) is 15.1. The Bertz CT molecular complexity index is 374. The number of hydrogen-bond acceptors (Lipinski definition) is 3. The van der Waals surface area contributed by atoms with Crippen LogP contribution in [-0.2, 0) is 4.84 Å². The highest BCUT2D eigenvalue weighted by Crippen LogP contribution is 2.29. The molecule has 1 aromatic rings. The lowest BCUT2D eigenvalue weighted by molar-refractivity contribution is 0.121. The zero-order chi connectivity index (χ0) is 9.97. The van der Waals surface area contributed by atoms with Crippen molar-refractivity contribution >= 4 is 17.5 Å². The standard InChI is InChI=1S/C11H13NOS/c1-8-4-3-5-10(14-2)11(8)9-6-7-13-12-9/h3-6,12H,7H2,1-2H3. The van der Waals surface area contributed by atoms with Gasteiger partial charge in [-0.15, -0.1) is 11.8 Å². The molecule has 0 saturated carbocycles. The average molecular weight is 207 g/mol. The Hall–Kier alpha value is -0.930. The van der Waals surface area contributed by atoms with E-state index in [0.717, 1.165) is 5.70 Å². The minimum absolute atomic E-state index is 0.650. The van der Waals surface area contributed by atoms with Gasteiger partial charge >= 0.3 is 0 Å². The molecule has 1 N–H and O–H groups in total.